The molecule has 23 heavy (non-hydrogen) atoms. The molecule has 0 spiro atoms. The number of nitrogens with one attached hydrogen (secondary N) is 1. The zero-order chi connectivity index (χ0) is 16.2. The molecule has 0 aliphatic carbocycles. The molecule has 2 aromatic heterocycles. The Kier molecular flexibility index (Phi) is 4.11. The third kappa shape index (κ3) is 3.41. The van der Waals surface area contributed by atoms with Crippen LogP contribution in [0.15, 0.2) is 59.4 Å². The number of para-hydroxylation sites is 1. The standard InChI is InChI=1S/C15H10ClN5O2/c16-12-7-8-13(19-18-12)17-15(23)11-6-9-14(22)21(20-11)10-4-2-1-3-5-10/h1-9H,(H,17,19,23). The summed E-state index contributed by atoms with van der Waals surface area (Å²) in [5.41, 5.74) is 0.308. The van der Waals surface area contributed by atoms with E-state index in [1.807, 2.05) is 6.07 Å². The van der Waals surface area contributed by atoms with Gasteiger partial charge in [0.2, 0.25) is 0 Å². The van der Waals surface area contributed by atoms with Crippen LogP contribution in [0.5, 0.6) is 0 Å². The molecule has 0 bridgehead atoms. The van der Waals surface area contributed by atoms with Gasteiger partial charge in [-0.15, -0.1) is 10.2 Å². The molecule has 114 valence electrons. The highest BCUT2D eigenvalue weighted by molar-refractivity contribution is 6.29. The normalized spacial score (nSPS) is 10.3. The summed E-state index contributed by atoms with van der Waals surface area (Å²) in [5, 5.41) is 14.2. The lowest BCUT2D eigenvalue weighted by Crippen LogP contribution is -2.25. The molecule has 2 heterocycles. The fourth-order valence-electron chi connectivity index (χ4n) is 1.85. The van der Waals surface area contributed by atoms with Crippen molar-refractivity contribution in [1.82, 2.24) is 20.0 Å². The molecule has 1 aromatic carbocycles. The van der Waals surface area contributed by atoms with Crippen molar-refractivity contribution < 1.29 is 4.79 Å². The van der Waals surface area contributed by atoms with Gasteiger partial charge in [-0.1, -0.05) is 29.8 Å². The van der Waals surface area contributed by atoms with Crippen LogP contribution < -0.4 is 10.9 Å². The first-order chi connectivity index (χ1) is 11.1. The first-order valence-electron chi connectivity index (χ1n) is 6.60. The fourth-order valence-corrected chi connectivity index (χ4v) is 1.95. The Bertz CT molecular complexity index is 894. The first kappa shape index (κ1) is 14.9. The topological polar surface area (TPSA) is 89.8 Å². The van der Waals surface area contributed by atoms with Gasteiger partial charge in [-0.2, -0.15) is 9.78 Å². The second-order valence-corrected chi connectivity index (χ2v) is 4.89. The minimum absolute atomic E-state index is 0.0743. The number of hydrogen-bond acceptors (Lipinski definition) is 5. The Balaban J connectivity index is 1.90. The quantitative estimate of drug-likeness (QED) is 0.794. The van der Waals surface area contributed by atoms with Gasteiger partial charge in [0.15, 0.2) is 11.0 Å². The third-order valence-electron chi connectivity index (χ3n) is 2.91. The van der Waals surface area contributed by atoms with Crippen LogP contribution in [-0.4, -0.2) is 25.9 Å². The number of rotatable bonds is 3. The second kappa shape index (κ2) is 6.37. The Hall–Kier alpha value is -3.06. The second-order valence-electron chi connectivity index (χ2n) is 4.50. The maximum Gasteiger partial charge on any atom is 0.277 e. The van der Waals surface area contributed by atoms with Crippen molar-refractivity contribution >= 4 is 23.3 Å². The average Bonchev–Trinajstić information content (AvgIpc) is 2.58. The molecule has 0 aliphatic heterocycles. The zero-order valence-corrected chi connectivity index (χ0v) is 12.4. The van der Waals surface area contributed by atoms with Crippen LogP contribution >= 0.6 is 11.6 Å². The van der Waals surface area contributed by atoms with E-state index in [-0.39, 0.29) is 22.2 Å². The molecule has 3 rings (SSSR count). The van der Waals surface area contributed by atoms with Crippen LogP contribution in [0.4, 0.5) is 5.82 Å². The number of hydrogen-bond donors (Lipinski definition) is 1. The van der Waals surface area contributed by atoms with Crippen molar-refractivity contribution in [3.8, 4) is 5.69 Å². The number of amides is 1. The van der Waals surface area contributed by atoms with Gasteiger partial charge >= 0.3 is 0 Å². The maximum absolute atomic E-state index is 12.2. The SMILES string of the molecule is O=C(Nc1ccc(Cl)nn1)c1ccc(=O)n(-c2ccccc2)n1. The van der Waals surface area contributed by atoms with E-state index in [9.17, 15) is 9.59 Å². The molecule has 1 N–H and O–H groups in total. The summed E-state index contributed by atoms with van der Waals surface area (Å²) in [6.45, 7) is 0. The van der Waals surface area contributed by atoms with E-state index in [0.717, 1.165) is 4.68 Å². The minimum Gasteiger partial charge on any atom is -0.304 e. The maximum atomic E-state index is 12.2. The van der Waals surface area contributed by atoms with Gasteiger partial charge in [0.1, 0.15) is 5.69 Å². The largest absolute Gasteiger partial charge is 0.304 e. The van der Waals surface area contributed by atoms with Crippen LogP contribution in [0.3, 0.4) is 0 Å². The molecule has 0 fully saturated rings. The monoisotopic (exact) mass is 327 g/mol. The molecule has 0 radical (unpaired) electrons. The average molecular weight is 328 g/mol. The molecule has 8 heteroatoms. The van der Waals surface area contributed by atoms with E-state index >= 15 is 0 Å². The number of carbonyl (C=O) groups is 1. The van der Waals surface area contributed by atoms with Gasteiger partial charge in [-0.05, 0) is 30.3 Å². The van der Waals surface area contributed by atoms with Crippen molar-refractivity contribution in [1.29, 1.82) is 0 Å². The fraction of sp³-hybridized carbons (Fsp3) is 0. The summed E-state index contributed by atoms with van der Waals surface area (Å²) >= 11 is 5.63. The molecular weight excluding hydrogens is 318 g/mol. The lowest BCUT2D eigenvalue weighted by atomic mass is 10.3. The van der Waals surface area contributed by atoms with Crippen LogP contribution in [0.2, 0.25) is 5.15 Å². The Morgan fingerprint density at radius 2 is 1.78 bits per heavy atom. The summed E-state index contributed by atoms with van der Waals surface area (Å²) in [5.74, 6) is -0.273. The highest BCUT2D eigenvalue weighted by Gasteiger charge is 2.11. The van der Waals surface area contributed by atoms with E-state index in [0.29, 0.717) is 5.69 Å². The molecule has 1 amide bonds. The van der Waals surface area contributed by atoms with Crippen LogP contribution in [0.25, 0.3) is 5.69 Å². The molecule has 7 nitrogen and oxygen atoms in total. The highest BCUT2D eigenvalue weighted by Crippen LogP contribution is 2.08. The molecule has 0 aliphatic rings. The smallest absolute Gasteiger partial charge is 0.277 e. The van der Waals surface area contributed by atoms with E-state index in [4.69, 9.17) is 11.6 Å². The van der Waals surface area contributed by atoms with Gasteiger partial charge in [0.25, 0.3) is 11.5 Å². The molecule has 0 atom stereocenters. The third-order valence-corrected chi connectivity index (χ3v) is 3.11. The van der Waals surface area contributed by atoms with Crippen molar-refractivity contribution in [2.45, 2.75) is 0 Å². The Labute approximate surface area is 135 Å². The van der Waals surface area contributed by atoms with E-state index < -0.39 is 5.91 Å². The lowest BCUT2D eigenvalue weighted by Gasteiger charge is -2.07. The van der Waals surface area contributed by atoms with Crippen molar-refractivity contribution in [3.05, 3.63) is 75.8 Å². The molecule has 0 saturated carbocycles. The summed E-state index contributed by atoms with van der Waals surface area (Å²) in [4.78, 5) is 24.1. The van der Waals surface area contributed by atoms with Gasteiger partial charge in [-0.25, -0.2) is 0 Å². The lowest BCUT2D eigenvalue weighted by molar-refractivity contribution is 0.102. The van der Waals surface area contributed by atoms with Crippen LogP contribution in [-0.2, 0) is 0 Å². The van der Waals surface area contributed by atoms with E-state index in [1.54, 1.807) is 24.3 Å². The minimum atomic E-state index is -0.508. The Morgan fingerprint density at radius 1 is 1.00 bits per heavy atom. The van der Waals surface area contributed by atoms with Crippen molar-refractivity contribution in [2.24, 2.45) is 0 Å². The summed E-state index contributed by atoms with van der Waals surface area (Å²) in [6, 6.07) is 14.5. The summed E-state index contributed by atoms with van der Waals surface area (Å²) in [7, 11) is 0. The van der Waals surface area contributed by atoms with E-state index in [1.165, 1.54) is 24.3 Å². The molecule has 0 unspecified atom stereocenters. The number of carbonyl (C=O) groups excluding carboxylic acids is 1. The summed E-state index contributed by atoms with van der Waals surface area (Å²) < 4.78 is 1.16. The number of halogens is 1. The van der Waals surface area contributed by atoms with Crippen molar-refractivity contribution in [2.75, 3.05) is 5.32 Å². The number of aromatic nitrogens is 4. The number of nitrogens with zero attached hydrogens (tertiary/aromatic N) is 4. The highest BCUT2D eigenvalue weighted by atomic mass is 35.5. The van der Waals surface area contributed by atoms with Gasteiger partial charge in [0.05, 0.1) is 5.69 Å². The summed E-state index contributed by atoms with van der Waals surface area (Å²) in [6.07, 6.45) is 0. The predicted molar refractivity (Wildman–Crippen MR) is 84.8 cm³/mol. The van der Waals surface area contributed by atoms with Gasteiger partial charge in [0, 0.05) is 6.07 Å². The molecular formula is C15H10ClN5O2. The zero-order valence-electron chi connectivity index (χ0n) is 11.7. The van der Waals surface area contributed by atoms with Crippen LogP contribution in [0, 0.1) is 0 Å². The van der Waals surface area contributed by atoms with Crippen LogP contribution in [0.1, 0.15) is 10.5 Å². The number of benzene rings is 1. The number of anilines is 1. The first-order valence-corrected chi connectivity index (χ1v) is 6.98. The Morgan fingerprint density at radius 3 is 2.48 bits per heavy atom. The molecule has 0 saturated heterocycles. The van der Waals surface area contributed by atoms with Gasteiger partial charge in [-0.3, -0.25) is 9.59 Å². The molecule has 3 aromatic rings. The van der Waals surface area contributed by atoms with Crippen molar-refractivity contribution in [3.63, 3.8) is 0 Å². The predicted octanol–water partition coefficient (Wildman–Crippen LogP) is 1.93. The van der Waals surface area contributed by atoms with E-state index in [2.05, 4.69) is 20.6 Å². The van der Waals surface area contributed by atoms with Gasteiger partial charge < -0.3 is 5.32 Å².